The molecule has 5 nitrogen and oxygen atoms in total. The predicted octanol–water partition coefficient (Wildman–Crippen LogP) is 3.97. The van der Waals surface area contributed by atoms with E-state index < -0.39 is 0 Å². The first-order chi connectivity index (χ1) is 12.5. The molecule has 0 bridgehead atoms. The van der Waals surface area contributed by atoms with Gasteiger partial charge in [0.15, 0.2) is 0 Å². The van der Waals surface area contributed by atoms with Gasteiger partial charge < -0.3 is 5.32 Å². The number of halogens is 2. The Kier molecular flexibility index (Phi) is 5.59. The van der Waals surface area contributed by atoms with E-state index in [1.807, 2.05) is 19.1 Å². The number of aryl methyl sites for hydroxylation is 1. The van der Waals surface area contributed by atoms with Gasteiger partial charge >= 0.3 is 0 Å². The van der Waals surface area contributed by atoms with Crippen LogP contribution in [0.4, 0.5) is 0 Å². The second-order valence-corrected chi connectivity index (χ2v) is 6.80. The number of nitrogens with zero attached hydrogens (tertiary/aromatic N) is 2. The van der Waals surface area contributed by atoms with Gasteiger partial charge in [0.25, 0.3) is 0 Å². The number of rotatable bonds is 5. The number of fused-ring (bicyclic) bond motifs is 1. The van der Waals surface area contributed by atoms with Crippen molar-refractivity contribution in [1.82, 2.24) is 15.1 Å². The third kappa shape index (κ3) is 4.06. The number of nitrogens with one attached hydrogen (secondary N) is 1. The van der Waals surface area contributed by atoms with Crippen molar-refractivity contribution in [2.45, 2.75) is 25.9 Å². The quantitative estimate of drug-likeness (QED) is 0.717. The normalized spacial score (nSPS) is 12.1. The Morgan fingerprint density at radius 2 is 2.00 bits per heavy atom. The highest BCUT2D eigenvalue weighted by molar-refractivity contribution is 6.35. The van der Waals surface area contributed by atoms with Crippen LogP contribution < -0.4 is 10.7 Å². The standard InChI is InChI=1S/C19H17Cl2N3O2/c1-12(14-7-6-13(20)10-16(14)21)23-19(26)8-9-24-17-5-3-2-4-15(17)18(25)11-22-24/h2-7,10-12H,8-9H2,1H3,(H,23,26). The number of carbonyl (C=O) groups is 1. The Morgan fingerprint density at radius 1 is 1.23 bits per heavy atom. The van der Waals surface area contributed by atoms with Gasteiger partial charge in [-0.2, -0.15) is 5.10 Å². The molecule has 2 aromatic carbocycles. The SMILES string of the molecule is CC(NC(=O)CCn1ncc(=O)c2ccccc21)c1ccc(Cl)cc1Cl. The molecule has 1 heterocycles. The molecule has 26 heavy (non-hydrogen) atoms. The summed E-state index contributed by atoms with van der Waals surface area (Å²) in [6, 6.07) is 12.2. The van der Waals surface area contributed by atoms with Crippen LogP contribution in [0.5, 0.6) is 0 Å². The van der Waals surface area contributed by atoms with E-state index in [1.165, 1.54) is 6.20 Å². The lowest BCUT2D eigenvalue weighted by Gasteiger charge is -2.16. The minimum absolute atomic E-state index is 0.131. The molecular formula is C19H17Cl2N3O2. The lowest BCUT2D eigenvalue weighted by Crippen LogP contribution is -2.28. The molecule has 1 amide bonds. The molecule has 1 N–H and O–H groups in total. The van der Waals surface area contributed by atoms with E-state index in [-0.39, 0.29) is 23.8 Å². The molecular weight excluding hydrogens is 373 g/mol. The van der Waals surface area contributed by atoms with Gasteiger partial charge in [-0.3, -0.25) is 14.3 Å². The highest BCUT2D eigenvalue weighted by Gasteiger charge is 2.13. The molecule has 134 valence electrons. The van der Waals surface area contributed by atoms with Gasteiger partial charge in [-0.25, -0.2) is 0 Å². The summed E-state index contributed by atoms with van der Waals surface area (Å²) >= 11 is 12.1. The van der Waals surface area contributed by atoms with E-state index in [4.69, 9.17) is 23.2 Å². The van der Waals surface area contributed by atoms with Crippen LogP contribution in [0.3, 0.4) is 0 Å². The van der Waals surface area contributed by atoms with E-state index in [0.29, 0.717) is 27.5 Å². The lowest BCUT2D eigenvalue weighted by molar-refractivity contribution is -0.122. The van der Waals surface area contributed by atoms with E-state index in [1.54, 1.807) is 35.0 Å². The summed E-state index contributed by atoms with van der Waals surface area (Å²) in [4.78, 5) is 24.1. The molecule has 0 radical (unpaired) electrons. The number of carbonyl (C=O) groups excluding carboxylic acids is 1. The number of benzene rings is 2. The summed E-state index contributed by atoms with van der Waals surface area (Å²) < 4.78 is 1.66. The molecule has 1 unspecified atom stereocenters. The first-order valence-electron chi connectivity index (χ1n) is 8.15. The second-order valence-electron chi connectivity index (χ2n) is 5.95. The van der Waals surface area contributed by atoms with Crippen molar-refractivity contribution < 1.29 is 4.79 Å². The molecule has 0 saturated carbocycles. The molecule has 3 rings (SSSR count). The number of aromatic nitrogens is 2. The van der Waals surface area contributed by atoms with Gasteiger partial charge in [0, 0.05) is 21.9 Å². The minimum Gasteiger partial charge on any atom is -0.349 e. The fraction of sp³-hybridized carbons (Fsp3) is 0.211. The van der Waals surface area contributed by atoms with E-state index in [0.717, 1.165) is 5.56 Å². The van der Waals surface area contributed by atoms with Crippen LogP contribution in [-0.4, -0.2) is 15.7 Å². The van der Waals surface area contributed by atoms with E-state index in [9.17, 15) is 9.59 Å². The van der Waals surface area contributed by atoms with Gasteiger partial charge in [-0.05, 0) is 36.8 Å². The maximum absolute atomic E-state index is 12.3. The van der Waals surface area contributed by atoms with E-state index in [2.05, 4.69) is 10.4 Å². The first-order valence-corrected chi connectivity index (χ1v) is 8.90. The zero-order valence-electron chi connectivity index (χ0n) is 14.1. The number of hydrogen-bond donors (Lipinski definition) is 1. The van der Waals surface area contributed by atoms with Crippen LogP contribution in [0.25, 0.3) is 10.9 Å². The topological polar surface area (TPSA) is 64.0 Å². The maximum atomic E-state index is 12.3. The third-order valence-corrected chi connectivity index (χ3v) is 4.68. The Morgan fingerprint density at radius 3 is 2.77 bits per heavy atom. The second kappa shape index (κ2) is 7.89. The monoisotopic (exact) mass is 389 g/mol. The Labute approximate surface area is 160 Å². The average Bonchev–Trinajstić information content (AvgIpc) is 2.61. The zero-order valence-corrected chi connectivity index (χ0v) is 15.6. The van der Waals surface area contributed by atoms with Crippen molar-refractivity contribution in [3.63, 3.8) is 0 Å². The summed E-state index contributed by atoms with van der Waals surface area (Å²) in [7, 11) is 0. The molecule has 3 aromatic rings. The molecule has 0 fully saturated rings. The molecule has 7 heteroatoms. The van der Waals surface area contributed by atoms with Crippen molar-refractivity contribution >= 4 is 40.0 Å². The molecule has 0 spiro atoms. The number of amides is 1. The maximum Gasteiger partial charge on any atom is 0.222 e. The van der Waals surface area contributed by atoms with Crippen molar-refractivity contribution in [3.05, 3.63) is 74.5 Å². The fourth-order valence-corrected chi connectivity index (χ4v) is 3.36. The van der Waals surface area contributed by atoms with Gasteiger partial charge in [0.05, 0.1) is 24.3 Å². The molecule has 0 aliphatic heterocycles. The predicted molar refractivity (Wildman–Crippen MR) is 104 cm³/mol. The highest BCUT2D eigenvalue weighted by Crippen LogP contribution is 2.26. The Balaban J connectivity index is 1.68. The van der Waals surface area contributed by atoms with Crippen molar-refractivity contribution in [1.29, 1.82) is 0 Å². The molecule has 1 atom stereocenters. The summed E-state index contributed by atoms with van der Waals surface area (Å²) in [6.45, 7) is 2.23. The Bertz CT molecular complexity index is 1020. The van der Waals surface area contributed by atoms with Crippen LogP contribution in [0, 0.1) is 0 Å². The third-order valence-electron chi connectivity index (χ3n) is 4.12. The van der Waals surface area contributed by atoms with Crippen molar-refractivity contribution in [2.24, 2.45) is 0 Å². The van der Waals surface area contributed by atoms with Crippen LogP contribution >= 0.6 is 23.2 Å². The zero-order chi connectivity index (χ0) is 18.7. The number of hydrogen-bond acceptors (Lipinski definition) is 3. The largest absolute Gasteiger partial charge is 0.349 e. The van der Waals surface area contributed by atoms with Crippen LogP contribution in [0.2, 0.25) is 10.0 Å². The first kappa shape index (κ1) is 18.4. The van der Waals surface area contributed by atoms with Crippen molar-refractivity contribution in [2.75, 3.05) is 0 Å². The van der Waals surface area contributed by atoms with Crippen molar-refractivity contribution in [3.8, 4) is 0 Å². The average molecular weight is 390 g/mol. The van der Waals surface area contributed by atoms with Gasteiger partial charge in [0.2, 0.25) is 11.3 Å². The summed E-state index contributed by atoms with van der Waals surface area (Å²) in [6.07, 6.45) is 1.51. The van der Waals surface area contributed by atoms with Crippen LogP contribution in [0.15, 0.2) is 53.5 Å². The summed E-state index contributed by atoms with van der Waals surface area (Å²) in [5.74, 6) is -0.131. The fourth-order valence-electron chi connectivity index (χ4n) is 2.79. The lowest BCUT2D eigenvalue weighted by atomic mass is 10.1. The molecule has 0 saturated heterocycles. The van der Waals surface area contributed by atoms with Gasteiger partial charge in [-0.15, -0.1) is 0 Å². The number of para-hydroxylation sites is 1. The molecule has 0 aliphatic carbocycles. The molecule has 1 aromatic heterocycles. The smallest absolute Gasteiger partial charge is 0.222 e. The van der Waals surface area contributed by atoms with Crippen LogP contribution in [0.1, 0.15) is 24.9 Å². The molecule has 0 aliphatic rings. The van der Waals surface area contributed by atoms with E-state index >= 15 is 0 Å². The summed E-state index contributed by atoms with van der Waals surface area (Å²) in [5.41, 5.74) is 1.38. The highest BCUT2D eigenvalue weighted by atomic mass is 35.5. The van der Waals surface area contributed by atoms with Gasteiger partial charge in [-0.1, -0.05) is 41.4 Å². The summed E-state index contributed by atoms with van der Waals surface area (Å²) in [5, 5.41) is 8.69. The Hall–Kier alpha value is -2.37. The van der Waals surface area contributed by atoms with Gasteiger partial charge in [0.1, 0.15) is 0 Å². The minimum atomic E-state index is -0.244. The van der Waals surface area contributed by atoms with Crippen LogP contribution in [-0.2, 0) is 11.3 Å².